The van der Waals surface area contributed by atoms with Gasteiger partial charge >= 0.3 is 0 Å². The van der Waals surface area contributed by atoms with Crippen molar-refractivity contribution in [1.82, 2.24) is 19.5 Å². The van der Waals surface area contributed by atoms with Crippen LogP contribution in [0.25, 0.3) is 11.2 Å². The number of hydrogen-bond acceptors (Lipinski definition) is 7. The highest BCUT2D eigenvalue weighted by Crippen LogP contribution is 2.35. The van der Waals surface area contributed by atoms with Crippen LogP contribution in [0.2, 0.25) is 0 Å². The standard InChI is InChI=1S/C11H14FN5O4/c12-1-4-5(2-18)21-10(7(4)19)17-3-14-6-8(17)15-11(13)16-9(6)20/h3-5,7,10,18-19H,1-2H2,(H3,13,15,16,20)/t4-,5-,7-,10-/m1/s1. The Labute approximate surface area is 117 Å². The normalized spacial score (nSPS) is 29.3. The van der Waals surface area contributed by atoms with Gasteiger partial charge in [0.15, 0.2) is 17.4 Å². The van der Waals surface area contributed by atoms with Crippen LogP contribution in [0.4, 0.5) is 10.3 Å². The molecule has 3 rings (SSSR count). The van der Waals surface area contributed by atoms with Crippen LogP contribution in [0, 0.1) is 5.92 Å². The van der Waals surface area contributed by atoms with Crippen LogP contribution in [-0.4, -0.2) is 55.2 Å². The molecule has 0 aromatic carbocycles. The van der Waals surface area contributed by atoms with E-state index in [2.05, 4.69) is 15.0 Å². The molecule has 5 N–H and O–H groups in total. The van der Waals surface area contributed by atoms with Gasteiger partial charge in [-0.15, -0.1) is 0 Å². The number of halogens is 1. The Morgan fingerprint density at radius 3 is 2.95 bits per heavy atom. The summed E-state index contributed by atoms with van der Waals surface area (Å²) >= 11 is 0. The van der Waals surface area contributed by atoms with Crippen molar-refractivity contribution in [1.29, 1.82) is 0 Å². The lowest BCUT2D eigenvalue weighted by Gasteiger charge is -2.17. The van der Waals surface area contributed by atoms with Gasteiger partial charge in [-0.2, -0.15) is 4.98 Å². The molecule has 4 atom stereocenters. The predicted octanol–water partition coefficient (Wildman–Crippen LogP) is -1.46. The van der Waals surface area contributed by atoms with Crippen LogP contribution in [0.15, 0.2) is 11.1 Å². The second-order valence-corrected chi connectivity index (χ2v) is 4.83. The van der Waals surface area contributed by atoms with Gasteiger partial charge < -0.3 is 20.7 Å². The monoisotopic (exact) mass is 299 g/mol. The molecule has 1 aliphatic heterocycles. The number of nitrogens with zero attached hydrogens (tertiary/aromatic N) is 3. The Kier molecular flexibility index (Phi) is 3.35. The number of rotatable bonds is 3. The molecular formula is C11H14FN5O4. The largest absolute Gasteiger partial charge is 0.394 e. The van der Waals surface area contributed by atoms with Gasteiger partial charge in [0.05, 0.1) is 25.7 Å². The molecule has 0 amide bonds. The number of nitrogens with two attached hydrogens (primary N) is 1. The van der Waals surface area contributed by atoms with Crippen molar-refractivity contribution >= 4 is 17.1 Å². The molecule has 1 fully saturated rings. The summed E-state index contributed by atoms with van der Waals surface area (Å²) in [5.41, 5.74) is 5.11. The summed E-state index contributed by atoms with van der Waals surface area (Å²) in [7, 11) is 0. The number of aliphatic hydroxyl groups is 2. The zero-order chi connectivity index (χ0) is 15.1. The molecule has 0 radical (unpaired) electrons. The fraction of sp³-hybridized carbons (Fsp3) is 0.545. The van der Waals surface area contributed by atoms with E-state index < -0.39 is 43.2 Å². The molecule has 0 bridgehead atoms. The molecule has 0 unspecified atom stereocenters. The Morgan fingerprint density at radius 2 is 2.33 bits per heavy atom. The number of anilines is 1. The van der Waals surface area contributed by atoms with Crippen LogP contribution in [0.5, 0.6) is 0 Å². The summed E-state index contributed by atoms with van der Waals surface area (Å²) in [5.74, 6) is -0.973. The maximum Gasteiger partial charge on any atom is 0.280 e. The second kappa shape index (κ2) is 5.06. The topological polar surface area (TPSA) is 139 Å². The van der Waals surface area contributed by atoms with Crippen LogP contribution >= 0.6 is 0 Å². The fourth-order valence-electron chi connectivity index (χ4n) is 2.52. The number of imidazole rings is 1. The molecule has 3 heterocycles. The molecule has 2 aromatic rings. The van der Waals surface area contributed by atoms with Crippen LogP contribution < -0.4 is 11.3 Å². The Morgan fingerprint density at radius 1 is 1.57 bits per heavy atom. The van der Waals surface area contributed by atoms with E-state index in [1.807, 2.05) is 0 Å². The van der Waals surface area contributed by atoms with Crippen molar-refractivity contribution in [3.05, 3.63) is 16.7 Å². The molecule has 9 nitrogen and oxygen atoms in total. The zero-order valence-corrected chi connectivity index (χ0v) is 10.8. The number of aromatic amines is 1. The van der Waals surface area contributed by atoms with Crippen molar-refractivity contribution in [2.24, 2.45) is 5.92 Å². The number of H-pyrrole nitrogens is 1. The van der Waals surface area contributed by atoms with Gasteiger partial charge in [0, 0.05) is 5.92 Å². The molecule has 114 valence electrons. The summed E-state index contributed by atoms with van der Waals surface area (Å²) in [6.07, 6.45) is -1.78. The summed E-state index contributed by atoms with van der Waals surface area (Å²) in [5, 5.41) is 19.3. The lowest BCUT2D eigenvalue weighted by molar-refractivity contribution is -0.0494. The summed E-state index contributed by atoms with van der Waals surface area (Å²) in [4.78, 5) is 21.8. The van der Waals surface area contributed by atoms with Gasteiger partial charge in [0.2, 0.25) is 5.95 Å². The molecule has 10 heteroatoms. The van der Waals surface area contributed by atoms with E-state index in [0.29, 0.717) is 0 Å². The van der Waals surface area contributed by atoms with E-state index in [1.54, 1.807) is 0 Å². The molecular weight excluding hydrogens is 285 g/mol. The van der Waals surface area contributed by atoms with Gasteiger partial charge in [0.25, 0.3) is 5.56 Å². The van der Waals surface area contributed by atoms with E-state index >= 15 is 0 Å². The van der Waals surface area contributed by atoms with Crippen molar-refractivity contribution in [2.45, 2.75) is 18.4 Å². The lowest BCUT2D eigenvalue weighted by Crippen LogP contribution is -2.29. The van der Waals surface area contributed by atoms with Crippen molar-refractivity contribution < 1.29 is 19.3 Å². The first-order chi connectivity index (χ1) is 10.1. The average Bonchev–Trinajstić information content (AvgIpc) is 2.99. The van der Waals surface area contributed by atoms with E-state index in [4.69, 9.17) is 10.5 Å². The summed E-state index contributed by atoms with van der Waals surface area (Å²) in [6, 6.07) is 0. The van der Waals surface area contributed by atoms with Crippen molar-refractivity contribution in [3.63, 3.8) is 0 Å². The third kappa shape index (κ3) is 2.07. The van der Waals surface area contributed by atoms with Crippen LogP contribution in [0.1, 0.15) is 6.23 Å². The second-order valence-electron chi connectivity index (χ2n) is 4.83. The minimum atomic E-state index is -1.20. The van der Waals surface area contributed by atoms with Gasteiger partial charge in [-0.25, -0.2) is 4.98 Å². The van der Waals surface area contributed by atoms with E-state index in [-0.39, 0.29) is 17.1 Å². The lowest BCUT2D eigenvalue weighted by atomic mass is 10.0. The van der Waals surface area contributed by atoms with Crippen LogP contribution in [0.3, 0.4) is 0 Å². The number of aliphatic hydroxyl groups excluding tert-OH is 2. The summed E-state index contributed by atoms with van der Waals surface area (Å²) in [6.45, 7) is -1.27. The Hall–Kier alpha value is -2.04. The number of fused-ring (bicyclic) bond motifs is 1. The number of hydrogen-bond donors (Lipinski definition) is 4. The Bertz CT molecular complexity index is 716. The van der Waals surface area contributed by atoms with E-state index in [0.717, 1.165) is 0 Å². The van der Waals surface area contributed by atoms with Gasteiger partial charge in [-0.3, -0.25) is 18.7 Å². The first-order valence-corrected chi connectivity index (χ1v) is 6.29. The van der Waals surface area contributed by atoms with Crippen LogP contribution in [-0.2, 0) is 4.74 Å². The number of ether oxygens (including phenoxy) is 1. The third-order valence-corrected chi connectivity index (χ3v) is 3.61. The fourth-order valence-corrected chi connectivity index (χ4v) is 2.52. The zero-order valence-electron chi connectivity index (χ0n) is 10.8. The molecule has 2 aromatic heterocycles. The first kappa shape index (κ1) is 13.9. The smallest absolute Gasteiger partial charge is 0.280 e. The first-order valence-electron chi connectivity index (χ1n) is 6.29. The van der Waals surface area contributed by atoms with E-state index in [9.17, 15) is 19.4 Å². The molecule has 1 saturated heterocycles. The summed E-state index contributed by atoms with van der Waals surface area (Å²) < 4.78 is 19.7. The number of nitrogens with one attached hydrogen (secondary N) is 1. The maximum absolute atomic E-state index is 13.0. The quantitative estimate of drug-likeness (QED) is 0.543. The maximum atomic E-state index is 13.0. The SMILES string of the molecule is Nc1nc2c(ncn2[C@@H]2O[C@H](CO)[C@@H](CF)[C@H]2O)c(=O)[nH]1. The number of nitrogen functional groups attached to an aromatic ring is 1. The van der Waals surface area contributed by atoms with Gasteiger partial charge in [-0.05, 0) is 0 Å². The Balaban J connectivity index is 2.07. The minimum Gasteiger partial charge on any atom is -0.394 e. The third-order valence-electron chi connectivity index (χ3n) is 3.61. The molecule has 0 saturated carbocycles. The molecule has 0 aliphatic carbocycles. The molecule has 1 aliphatic rings. The van der Waals surface area contributed by atoms with Crippen molar-refractivity contribution in [2.75, 3.05) is 19.0 Å². The number of aromatic nitrogens is 4. The van der Waals surface area contributed by atoms with E-state index in [1.165, 1.54) is 10.9 Å². The molecule has 21 heavy (non-hydrogen) atoms. The predicted molar refractivity (Wildman–Crippen MR) is 69.0 cm³/mol. The highest BCUT2D eigenvalue weighted by Gasteiger charge is 2.44. The average molecular weight is 299 g/mol. The van der Waals surface area contributed by atoms with Crippen molar-refractivity contribution in [3.8, 4) is 0 Å². The minimum absolute atomic E-state index is 0.0317. The van der Waals surface area contributed by atoms with Gasteiger partial charge in [0.1, 0.15) is 6.10 Å². The van der Waals surface area contributed by atoms with Gasteiger partial charge in [-0.1, -0.05) is 0 Å². The molecule has 0 spiro atoms. The number of alkyl halides is 1. The highest BCUT2D eigenvalue weighted by molar-refractivity contribution is 5.70. The highest BCUT2D eigenvalue weighted by atomic mass is 19.1.